The highest BCUT2D eigenvalue weighted by molar-refractivity contribution is 5.95. The van der Waals surface area contributed by atoms with Gasteiger partial charge in [-0.05, 0) is 30.5 Å². The third-order valence-electron chi connectivity index (χ3n) is 5.53. The third kappa shape index (κ3) is 5.01. The molecule has 0 amide bonds. The second-order valence-electron chi connectivity index (χ2n) is 7.27. The van der Waals surface area contributed by atoms with Crippen LogP contribution in [0.5, 0.6) is 0 Å². The fourth-order valence-corrected chi connectivity index (χ4v) is 3.78. The lowest BCUT2D eigenvalue weighted by Gasteiger charge is -2.35. The van der Waals surface area contributed by atoms with Crippen LogP contribution in [0.1, 0.15) is 25.5 Å². The Morgan fingerprint density at radius 1 is 0.966 bits per heavy atom. The fourth-order valence-electron chi connectivity index (χ4n) is 3.78. The van der Waals surface area contributed by atoms with E-state index in [2.05, 4.69) is 59.2 Å². The normalized spacial score (nSPS) is 15.5. The SMILES string of the molecule is CCN1CCN(c2nc(-c3ccc(C(C)O)cc3)cc3ccccc23)CC1.Cl.Cl. The maximum atomic E-state index is 9.76. The van der Waals surface area contributed by atoms with E-state index in [1.54, 1.807) is 6.92 Å². The summed E-state index contributed by atoms with van der Waals surface area (Å²) in [4.78, 5) is 9.97. The fraction of sp³-hybridized carbons (Fsp3) is 0.348. The Morgan fingerprint density at radius 3 is 2.24 bits per heavy atom. The molecule has 6 heteroatoms. The molecule has 1 saturated heterocycles. The molecule has 4 rings (SSSR count). The number of benzene rings is 2. The largest absolute Gasteiger partial charge is 0.389 e. The first-order valence-corrected chi connectivity index (χ1v) is 9.81. The lowest BCUT2D eigenvalue weighted by Crippen LogP contribution is -2.46. The van der Waals surface area contributed by atoms with Gasteiger partial charge in [-0.25, -0.2) is 4.98 Å². The summed E-state index contributed by atoms with van der Waals surface area (Å²) in [6, 6.07) is 18.7. The van der Waals surface area contributed by atoms with E-state index in [0.29, 0.717) is 0 Å². The predicted molar refractivity (Wildman–Crippen MR) is 127 cm³/mol. The van der Waals surface area contributed by atoms with Crippen LogP contribution >= 0.6 is 24.8 Å². The Balaban J connectivity index is 0.00000150. The summed E-state index contributed by atoms with van der Waals surface area (Å²) >= 11 is 0. The maximum Gasteiger partial charge on any atom is 0.137 e. The number of aliphatic hydroxyl groups is 1. The average molecular weight is 434 g/mol. The Morgan fingerprint density at radius 2 is 1.62 bits per heavy atom. The molecule has 1 aromatic heterocycles. The van der Waals surface area contributed by atoms with Gasteiger partial charge in [0, 0.05) is 37.1 Å². The molecule has 0 aliphatic carbocycles. The smallest absolute Gasteiger partial charge is 0.137 e. The lowest BCUT2D eigenvalue weighted by molar-refractivity contribution is 0.199. The van der Waals surface area contributed by atoms with Crippen LogP contribution in [-0.2, 0) is 0 Å². The van der Waals surface area contributed by atoms with Gasteiger partial charge in [-0.3, -0.25) is 0 Å². The second kappa shape index (κ2) is 10.3. The van der Waals surface area contributed by atoms with Crippen LogP contribution in [0, 0.1) is 0 Å². The van der Waals surface area contributed by atoms with Crippen molar-refractivity contribution < 1.29 is 5.11 Å². The molecule has 2 aromatic carbocycles. The Hall–Kier alpha value is -1.85. The topological polar surface area (TPSA) is 39.6 Å². The van der Waals surface area contributed by atoms with Crippen LogP contribution in [0.25, 0.3) is 22.0 Å². The van der Waals surface area contributed by atoms with E-state index in [9.17, 15) is 5.11 Å². The van der Waals surface area contributed by atoms with E-state index in [0.717, 1.165) is 55.4 Å². The first kappa shape index (κ1) is 23.4. The molecule has 4 nitrogen and oxygen atoms in total. The van der Waals surface area contributed by atoms with Crippen molar-refractivity contribution in [2.45, 2.75) is 20.0 Å². The van der Waals surface area contributed by atoms with Crippen molar-refractivity contribution in [3.05, 3.63) is 60.2 Å². The molecule has 0 saturated carbocycles. The Kier molecular flexibility index (Phi) is 8.29. The van der Waals surface area contributed by atoms with Crippen LogP contribution in [0.15, 0.2) is 54.6 Å². The van der Waals surface area contributed by atoms with Gasteiger partial charge in [0.1, 0.15) is 5.82 Å². The highest BCUT2D eigenvalue weighted by atomic mass is 35.5. The van der Waals surface area contributed by atoms with Gasteiger partial charge in [0.25, 0.3) is 0 Å². The van der Waals surface area contributed by atoms with Crippen molar-refractivity contribution in [3.63, 3.8) is 0 Å². The minimum Gasteiger partial charge on any atom is -0.389 e. The molecule has 3 aromatic rings. The number of halogens is 2. The van der Waals surface area contributed by atoms with Gasteiger partial charge in [0.15, 0.2) is 0 Å². The van der Waals surface area contributed by atoms with Gasteiger partial charge in [-0.2, -0.15) is 0 Å². The zero-order chi connectivity index (χ0) is 18.8. The summed E-state index contributed by atoms with van der Waals surface area (Å²) < 4.78 is 0. The van der Waals surface area contributed by atoms with E-state index >= 15 is 0 Å². The van der Waals surface area contributed by atoms with E-state index in [1.165, 1.54) is 10.8 Å². The van der Waals surface area contributed by atoms with Crippen molar-refractivity contribution in [2.24, 2.45) is 0 Å². The van der Waals surface area contributed by atoms with Crippen molar-refractivity contribution in [2.75, 3.05) is 37.6 Å². The maximum absolute atomic E-state index is 9.76. The van der Waals surface area contributed by atoms with Crippen molar-refractivity contribution in [1.82, 2.24) is 9.88 Å². The first-order valence-electron chi connectivity index (χ1n) is 9.81. The predicted octanol–water partition coefficient (Wildman–Crippen LogP) is 4.94. The molecule has 0 spiro atoms. The highest BCUT2D eigenvalue weighted by Crippen LogP contribution is 2.31. The number of anilines is 1. The summed E-state index contributed by atoms with van der Waals surface area (Å²) in [5.74, 6) is 1.08. The number of aliphatic hydroxyl groups excluding tert-OH is 1. The third-order valence-corrected chi connectivity index (χ3v) is 5.53. The minimum absolute atomic E-state index is 0. The Bertz CT molecular complexity index is 923. The van der Waals surface area contributed by atoms with Gasteiger partial charge in [0.05, 0.1) is 11.8 Å². The number of piperazine rings is 1. The number of aromatic nitrogens is 1. The van der Waals surface area contributed by atoms with Crippen LogP contribution in [0.4, 0.5) is 5.82 Å². The lowest BCUT2D eigenvalue weighted by atomic mass is 10.0. The molecule has 1 fully saturated rings. The minimum atomic E-state index is -0.450. The number of pyridine rings is 1. The number of rotatable bonds is 4. The Labute approximate surface area is 185 Å². The van der Waals surface area contributed by atoms with Gasteiger partial charge in [-0.15, -0.1) is 24.8 Å². The number of nitrogens with zero attached hydrogens (tertiary/aromatic N) is 3. The molecule has 0 radical (unpaired) electrons. The number of fused-ring (bicyclic) bond motifs is 1. The molecule has 2 heterocycles. The van der Waals surface area contributed by atoms with Crippen LogP contribution in [0.2, 0.25) is 0 Å². The zero-order valence-electron chi connectivity index (χ0n) is 16.9. The summed E-state index contributed by atoms with van der Waals surface area (Å²) in [5, 5.41) is 12.2. The summed E-state index contributed by atoms with van der Waals surface area (Å²) in [6.45, 7) is 9.31. The molecule has 1 aliphatic rings. The molecule has 0 bridgehead atoms. The summed E-state index contributed by atoms with van der Waals surface area (Å²) in [7, 11) is 0. The van der Waals surface area contributed by atoms with E-state index in [-0.39, 0.29) is 24.8 Å². The monoisotopic (exact) mass is 433 g/mol. The van der Waals surface area contributed by atoms with Crippen molar-refractivity contribution in [3.8, 4) is 11.3 Å². The summed E-state index contributed by atoms with van der Waals surface area (Å²) in [6.07, 6.45) is -0.450. The first-order chi connectivity index (χ1) is 13.2. The van der Waals surface area contributed by atoms with E-state index in [4.69, 9.17) is 4.98 Å². The molecule has 156 valence electrons. The number of likely N-dealkylation sites (N-methyl/N-ethyl adjacent to an activating group) is 1. The van der Waals surface area contributed by atoms with Gasteiger partial charge in [-0.1, -0.05) is 55.5 Å². The molecule has 1 aliphatic heterocycles. The zero-order valence-corrected chi connectivity index (χ0v) is 18.5. The van der Waals surface area contributed by atoms with Crippen molar-refractivity contribution in [1.29, 1.82) is 0 Å². The van der Waals surface area contributed by atoms with Gasteiger partial charge >= 0.3 is 0 Å². The van der Waals surface area contributed by atoms with Crippen molar-refractivity contribution >= 4 is 41.4 Å². The van der Waals surface area contributed by atoms with E-state index < -0.39 is 6.10 Å². The molecular formula is C23H29Cl2N3O. The molecule has 1 N–H and O–H groups in total. The summed E-state index contributed by atoms with van der Waals surface area (Å²) in [5.41, 5.74) is 2.99. The van der Waals surface area contributed by atoms with Gasteiger partial charge < -0.3 is 14.9 Å². The molecule has 1 atom stereocenters. The highest BCUT2D eigenvalue weighted by Gasteiger charge is 2.19. The number of hydrogen-bond acceptors (Lipinski definition) is 4. The van der Waals surface area contributed by atoms with E-state index in [1.807, 2.05) is 12.1 Å². The van der Waals surface area contributed by atoms with Gasteiger partial charge in [0.2, 0.25) is 0 Å². The van der Waals surface area contributed by atoms with Crippen LogP contribution in [0.3, 0.4) is 0 Å². The number of hydrogen-bond donors (Lipinski definition) is 1. The standard InChI is InChI=1S/C23H27N3O.2ClH/c1-3-25-12-14-26(15-13-25)23-21-7-5-4-6-20(21)16-22(24-23)19-10-8-18(9-11-19)17(2)27;;/h4-11,16-17,27H,3,12-15H2,1-2H3;2*1H. The molecular weight excluding hydrogens is 405 g/mol. The quantitative estimate of drug-likeness (QED) is 0.632. The average Bonchev–Trinajstić information content (AvgIpc) is 2.73. The second-order valence-corrected chi connectivity index (χ2v) is 7.27. The van der Waals surface area contributed by atoms with Crippen LogP contribution < -0.4 is 4.90 Å². The van der Waals surface area contributed by atoms with Crippen LogP contribution in [-0.4, -0.2) is 47.7 Å². The molecule has 1 unspecified atom stereocenters. The molecule has 29 heavy (non-hydrogen) atoms.